The second kappa shape index (κ2) is 10.7. The third-order valence-electron chi connectivity index (χ3n) is 11.6. The molecule has 1 saturated heterocycles. The molecule has 230 valence electrons. The minimum atomic E-state index is -1.64. The molecule has 5 aliphatic rings. The molecule has 1 N–H and O–H groups in total. The van der Waals surface area contributed by atoms with Gasteiger partial charge in [0.05, 0.1) is 11.5 Å². The normalized spacial score (nSPS) is 43.0. The van der Waals surface area contributed by atoms with Crippen LogP contribution in [0.4, 0.5) is 0 Å². The first kappa shape index (κ1) is 30.5. The number of epoxide rings is 1. The SMILES string of the molecule is CC(=O)OC[C@]12CC[C@H](OC(C)=O)C[C@]1(O)[C@H](OC(C)=O)C=C1[C@@H]3CC[C@H]([C@H](C)CCCC(C)C)[C@@]3(C)C[C@H]3O[C@@]132. The van der Waals surface area contributed by atoms with Gasteiger partial charge in [-0.05, 0) is 72.8 Å². The summed E-state index contributed by atoms with van der Waals surface area (Å²) in [5, 5.41) is 12.7. The number of rotatable bonds is 9. The van der Waals surface area contributed by atoms with Crippen molar-refractivity contribution in [2.45, 2.75) is 136 Å². The topological polar surface area (TPSA) is 112 Å². The van der Waals surface area contributed by atoms with Gasteiger partial charge in [0.15, 0.2) is 0 Å². The summed E-state index contributed by atoms with van der Waals surface area (Å²) in [5.74, 6) is 0.722. The molecule has 0 amide bonds. The van der Waals surface area contributed by atoms with Crippen molar-refractivity contribution in [1.82, 2.24) is 0 Å². The van der Waals surface area contributed by atoms with Crippen molar-refractivity contribution < 1.29 is 38.4 Å². The van der Waals surface area contributed by atoms with E-state index in [1.165, 1.54) is 40.0 Å². The Morgan fingerprint density at radius 1 is 1.00 bits per heavy atom. The zero-order valence-electron chi connectivity index (χ0n) is 26.0. The van der Waals surface area contributed by atoms with Gasteiger partial charge in [-0.1, -0.05) is 47.0 Å². The lowest BCUT2D eigenvalue weighted by atomic mass is 9.44. The molecular formula is C33H50O8. The van der Waals surface area contributed by atoms with E-state index >= 15 is 0 Å². The van der Waals surface area contributed by atoms with E-state index in [4.69, 9.17) is 18.9 Å². The van der Waals surface area contributed by atoms with Crippen LogP contribution < -0.4 is 0 Å². The van der Waals surface area contributed by atoms with Crippen molar-refractivity contribution >= 4 is 17.9 Å². The number of ether oxygens (including phenoxy) is 4. The average Bonchev–Trinajstić information content (AvgIpc) is 3.46. The summed E-state index contributed by atoms with van der Waals surface area (Å²) in [7, 11) is 0. The predicted molar refractivity (Wildman–Crippen MR) is 151 cm³/mol. The highest BCUT2D eigenvalue weighted by molar-refractivity contribution is 5.68. The van der Waals surface area contributed by atoms with Crippen LogP contribution >= 0.6 is 0 Å². The van der Waals surface area contributed by atoms with E-state index in [1.54, 1.807) is 0 Å². The Bertz CT molecular complexity index is 1100. The maximum atomic E-state index is 12.7. The first-order valence-electron chi connectivity index (χ1n) is 15.8. The highest BCUT2D eigenvalue weighted by atomic mass is 16.6. The zero-order chi connectivity index (χ0) is 30.0. The molecule has 10 atom stereocenters. The first-order chi connectivity index (χ1) is 19.2. The fraction of sp³-hybridized carbons (Fsp3) is 0.848. The van der Waals surface area contributed by atoms with E-state index in [2.05, 4.69) is 27.7 Å². The zero-order valence-corrected chi connectivity index (χ0v) is 26.0. The van der Waals surface area contributed by atoms with E-state index in [0.717, 1.165) is 24.8 Å². The third-order valence-corrected chi connectivity index (χ3v) is 11.6. The smallest absolute Gasteiger partial charge is 0.303 e. The summed E-state index contributed by atoms with van der Waals surface area (Å²) in [6.07, 6.45) is 8.06. The molecule has 0 bridgehead atoms. The van der Waals surface area contributed by atoms with Crippen LogP contribution in [0.25, 0.3) is 0 Å². The monoisotopic (exact) mass is 574 g/mol. The Morgan fingerprint density at radius 3 is 2.34 bits per heavy atom. The van der Waals surface area contributed by atoms with Gasteiger partial charge < -0.3 is 24.1 Å². The van der Waals surface area contributed by atoms with Gasteiger partial charge in [-0.15, -0.1) is 0 Å². The maximum Gasteiger partial charge on any atom is 0.303 e. The number of fused-ring (bicyclic) bond motifs is 3. The van der Waals surface area contributed by atoms with Gasteiger partial charge in [0.25, 0.3) is 0 Å². The van der Waals surface area contributed by atoms with Crippen LogP contribution in [-0.2, 0) is 33.3 Å². The number of esters is 3. The van der Waals surface area contributed by atoms with Crippen LogP contribution in [0.15, 0.2) is 11.6 Å². The Morgan fingerprint density at radius 2 is 1.71 bits per heavy atom. The minimum Gasteiger partial charge on any atom is -0.465 e. The summed E-state index contributed by atoms with van der Waals surface area (Å²) in [5.41, 5.74) is -2.32. The average molecular weight is 575 g/mol. The largest absolute Gasteiger partial charge is 0.465 e. The quantitative estimate of drug-likeness (QED) is 0.171. The molecule has 5 rings (SSSR count). The lowest BCUT2D eigenvalue weighted by Crippen LogP contribution is -2.72. The summed E-state index contributed by atoms with van der Waals surface area (Å²) >= 11 is 0. The summed E-state index contributed by atoms with van der Waals surface area (Å²) in [6.45, 7) is 13.4. The van der Waals surface area contributed by atoms with Crippen molar-refractivity contribution in [2.75, 3.05) is 6.61 Å². The molecule has 4 fully saturated rings. The van der Waals surface area contributed by atoms with Crippen molar-refractivity contribution in [2.24, 2.45) is 34.5 Å². The summed E-state index contributed by atoms with van der Waals surface area (Å²) in [4.78, 5) is 36.5. The second-order valence-corrected chi connectivity index (χ2v) is 14.5. The molecule has 8 heteroatoms. The predicted octanol–water partition coefficient (Wildman–Crippen LogP) is 5.29. The van der Waals surface area contributed by atoms with Crippen molar-refractivity contribution in [3.8, 4) is 0 Å². The Hall–Kier alpha value is -1.93. The van der Waals surface area contributed by atoms with Gasteiger partial charge >= 0.3 is 17.9 Å². The van der Waals surface area contributed by atoms with E-state index in [9.17, 15) is 19.5 Å². The van der Waals surface area contributed by atoms with Gasteiger partial charge in [0.2, 0.25) is 0 Å². The Balaban J connectivity index is 1.56. The molecule has 0 aromatic heterocycles. The molecule has 1 aliphatic heterocycles. The van der Waals surface area contributed by atoms with Crippen LogP contribution in [0.3, 0.4) is 0 Å². The number of carbonyl (C=O) groups is 3. The molecule has 1 heterocycles. The molecular weight excluding hydrogens is 524 g/mol. The minimum absolute atomic E-state index is 0.0293. The van der Waals surface area contributed by atoms with E-state index in [1.807, 2.05) is 6.08 Å². The van der Waals surface area contributed by atoms with Gasteiger partial charge in [-0.3, -0.25) is 14.4 Å². The van der Waals surface area contributed by atoms with Crippen LogP contribution in [-0.4, -0.2) is 59.1 Å². The third kappa shape index (κ3) is 4.75. The molecule has 0 aromatic rings. The van der Waals surface area contributed by atoms with Gasteiger partial charge in [0, 0.05) is 27.2 Å². The second-order valence-electron chi connectivity index (χ2n) is 14.5. The fourth-order valence-corrected chi connectivity index (χ4v) is 9.92. The maximum absolute atomic E-state index is 12.7. The Labute approximate surface area is 244 Å². The molecule has 0 unspecified atom stereocenters. The summed E-state index contributed by atoms with van der Waals surface area (Å²) < 4.78 is 24.0. The molecule has 0 radical (unpaired) electrons. The molecule has 0 aromatic carbocycles. The molecule has 8 nitrogen and oxygen atoms in total. The van der Waals surface area contributed by atoms with E-state index in [-0.39, 0.29) is 30.5 Å². The standard InChI is InChI=1S/C33H50O8/c1-19(2)9-8-10-20(3)25-11-12-26-27-15-28(40-23(6)36)32(37)16-24(39-22(5)35)13-14-31(32,18-38-21(4)34)33(27)29(41-33)17-30(25,26)7/h15,19-20,24-26,28-29,37H,8-14,16-18H2,1-7H3/t20-,24+,25-,26+,28-,29-,30-,31-,32+,33+/m1/s1. The lowest BCUT2D eigenvalue weighted by Gasteiger charge is -2.61. The molecule has 1 spiro atoms. The van der Waals surface area contributed by atoms with Gasteiger partial charge in [-0.25, -0.2) is 0 Å². The van der Waals surface area contributed by atoms with Gasteiger partial charge in [-0.2, -0.15) is 0 Å². The fourth-order valence-electron chi connectivity index (χ4n) is 9.92. The van der Waals surface area contributed by atoms with Crippen molar-refractivity contribution in [1.29, 1.82) is 0 Å². The number of hydrogen-bond donors (Lipinski definition) is 1. The van der Waals surface area contributed by atoms with Gasteiger partial charge in [0.1, 0.15) is 30.0 Å². The molecule has 4 aliphatic carbocycles. The van der Waals surface area contributed by atoms with Crippen LogP contribution in [0, 0.1) is 34.5 Å². The van der Waals surface area contributed by atoms with E-state index in [0.29, 0.717) is 30.6 Å². The van der Waals surface area contributed by atoms with E-state index < -0.39 is 46.7 Å². The first-order valence-corrected chi connectivity index (χ1v) is 15.8. The van der Waals surface area contributed by atoms with Crippen LogP contribution in [0.1, 0.15) is 106 Å². The lowest BCUT2D eigenvalue weighted by molar-refractivity contribution is -0.243. The number of hydrogen-bond acceptors (Lipinski definition) is 8. The number of aliphatic hydroxyl groups is 1. The van der Waals surface area contributed by atoms with Crippen LogP contribution in [0.5, 0.6) is 0 Å². The van der Waals surface area contributed by atoms with Crippen LogP contribution in [0.2, 0.25) is 0 Å². The summed E-state index contributed by atoms with van der Waals surface area (Å²) in [6, 6.07) is 0. The Kier molecular flexibility index (Phi) is 7.93. The number of carbonyl (C=O) groups excluding carboxylic acids is 3. The van der Waals surface area contributed by atoms with Crippen molar-refractivity contribution in [3.05, 3.63) is 11.6 Å². The molecule has 3 saturated carbocycles. The molecule has 41 heavy (non-hydrogen) atoms. The highest BCUT2D eigenvalue weighted by Crippen LogP contribution is 2.76. The highest BCUT2D eigenvalue weighted by Gasteiger charge is 2.84. The van der Waals surface area contributed by atoms with Crippen molar-refractivity contribution in [3.63, 3.8) is 0 Å².